The lowest BCUT2D eigenvalue weighted by molar-refractivity contribution is 0.0421. The van der Waals surface area contributed by atoms with Gasteiger partial charge in [-0.15, -0.1) is 0 Å². The number of benzene rings is 2. The molecule has 2 rings (SSSR count). The molecule has 27 heavy (non-hydrogen) atoms. The summed E-state index contributed by atoms with van der Waals surface area (Å²) in [6, 6.07) is 15.6. The zero-order valence-corrected chi connectivity index (χ0v) is 15.9. The number of ether oxygens (including phenoxy) is 2. The lowest BCUT2D eigenvalue weighted by atomic mass is 10.0. The van der Waals surface area contributed by atoms with E-state index in [0.29, 0.717) is 18.1 Å². The van der Waals surface area contributed by atoms with Gasteiger partial charge in [0.05, 0.1) is 17.7 Å². The predicted octanol–water partition coefficient (Wildman–Crippen LogP) is 5.50. The number of esters is 2. The van der Waals surface area contributed by atoms with Crippen LogP contribution in [0.3, 0.4) is 0 Å². The molecule has 2 aromatic carbocycles. The Balaban J connectivity index is 2.09. The van der Waals surface area contributed by atoms with Gasteiger partial charge in [0, 0.05) is 5.56 Å². The van der Waals surface area contributed by atoms with Crippen molar-refractivity contribution in [3.8, 4) is 0 Å². The molecule has 1 unspecified atom stereocenters. The Kier molecular flexibility index (Phi) is 7.80. The topological polar surface area (TPSA) is 52.6 Å². The van der Waals surface area contributed by atoms with Crippen LogP contribution < -0.4 is 0 Å². The first-order valence-electron chi connectivity index (χ1n) is 9.29. The Morgan fingerprint density at radius 2 is 1.52 bits per heavy atom. The lowest BCUT2D eigenvalue weighted by Crippen LogP contribution is -2.17. The zero-order valence-electron chi connectivity index (χ0n) is 15.9. The third-order valence-corrected chi connectivity index (χ3v) is 4.40. The average molecular weight is 366 g/mol. The maximum atomic E-state index is 12.6. The van der Waals surface area contributed by atoms with Crippen molar-refractivity contribution in [2.24, 2.45) is 5.92 Å². The van der Waals surface area contributed by atoms with Gasteiger partial charge in [-0.2, -0.15) is 0 Å². The van der Waals surface area contributed by atoms with E-state index in [1.807, 2.05) is 18.2 Å². The summed E-state index contributed by atoms with van der Waals surface area (Å²) >= 11 is 0. The molecule has 0 bridgehead atoms. The molecule has 0 radical (unpaired) electrons. The van der Waals surface area contributed by atoms with E-state index in [9.17, 15) is 9.59 Å². The molecule has 0 fully saturated rings. The number of carbonyl (C=O) groups excluding carboxylic acids is 2. The maximum Gasteiger partial charge on any atom is 0.344 e. The van der Waals surface area contributed by atoms with Gasteiger partial charge in [0.1, 0.15) is 5.76 Å². The summed E-state index contributed by atoms with van der Waals surface area (Å²) in [5, 5.41) is 0. The fraction of sp³-hybridized carbons (Fsp3) is 0.304. The fourth-order valence-electron chi connectivity index (χ4n) is 2.77. The highest BCUT2D eigenvalue weighted by molar-refractivity contribution is 6.04. The van der Waals surface area contributed by atoms with E-state index in [-0.39, 0.29) is 16.9 Å². The molecule has 0 N–H and O–H groups in total. The average Bonchev–Trinajstić information content (AvgIpc) is 2.71. The molecule has 0 amide bonds. The summed E-state index contributed by atoms with van der Waals surface area (Å²) in [5.41, 5.74) is 1.08. The molecule has 0 aromatic heterocycles. The summed E-state index contributed by atoms with van der Waals surface area (Å²) in [5.74, 6) is -0.576. The first-order valence-corrected chi connectivity index (χ1v) is 9.29. The third kappa shape index (κ3) is 5.81. The van der Waals surface area contributed by atoms with Crippen molar-refractivity contribution < 1.29 is 19.1 Å². The highest BCUT2D eigenvalue weighted by Gasteiger charge is 2.21. The predicted molar refractivity (Wildman–Crippen MR) is 106 cm³/mol. The number of hydrogen-bond donors (Lipinski definition) is 0. The minimum atomic E-state index is -0.628. The van der Waals surface area contributed by atoms with E-state index in [4.69, 9.17) is 9.47 Å². The molecule has 0 aliphatic heterocycles. The molecule has 4 nitrogen and oxygen atoms in total. The monoisotopic (exact) mass is 366 g/mol. The normalized spacial score (nSPS) is 11.5. The molecular weight excluding hydrogens is 340 g/mol. The van der Waals surface area contributed by atoms with Crippen LogP contribution in [0.2, 0.25) is 0 Å². The molecule has 4 heteroatoms. The molecule has 0 saturated carbocycles. The molecule has 0 aliphatic rings. The van der Waals surface area contributed by atoms with Crippen molar-refractivity contribution in [2.75, 3.05) is 6.61 Å². The SMILES string of the molecule is C=C(OC(=O)c1ccccc1C(=O)OCC(CC)CCC)c1ccccc1. The van der Waals surface area contributed by atoms with Gasteiger partial charge in [-0.05, 0) is 24.5 Å². The molecule has 0 aliphatic carbocycles. The van der Waals surface area contributed by atoms with Gasteiger partial charge in [0.15, 0.2) is 0 Å². The van der Waals surface area contributed by atoms with Crippen LogP contribution in [0.5, 0.6) is 0 Å². The molecule has 2 aromatic rings. The molecule has 0 heterocycles. The van der Waals surface area contributed by atoms with Crippen LogP contribution in [0.1, 0.15) is 59.4 Å². The largest absolute Gasteiger partial charge is 0.462 e. The van der Waals surface area contributed by atoms with Gasteiger partial charge in [-0.1, -0.05) is 75.7 Å². The fourth-order valence-corrected chi connectivity index (χ4v) is 2.77. The Bertz CT molecular complexity index is 780. The van der Waals surface area contributed by atoms with Crippen LogP contribution in [0.15, 0.2) is 61.2 Å². The molecule has 0 saturated heterocycles. The summed E-state index contributed by atoms with van der Waals surface area (Å²) < 4.78 is 10.8. The molecule has 1 atom stereocenters. The lowest BCUT2D eigenvalue weighted by Gasteiger charge is -2.15. The summed E-state index contributed by atoms with van der Waals surface area (Å²) in [6.45, 7) is 8.33. The molecular formula is C23H26O4. The smallest absolute Gasteiger partial charge is 0.344 e. The van der Waals surface area contributed by atoms with Gasteiger partial charge < -0.3 is 9.47 Å². The van der Waals surface area contributed by atoms with E-state index in [1.54, 1.807) is 36.4 Å². The van der Waals surface area contributed by atoms with Crippen molar-refractivity contribution >= 4 is 17.7 Å². The van der Waals surface area contributed by atoms with Crippen LogP contribution in [0.4, 0.5) is 0 Å². The highest BCUT2D eigenvalue weighted by Crippen LogP contribution is 2.19. The van der Waals surface area contributed by atoms with Gasteiger partial charge in [-0.3, -0.25) is 0 Å². The standard InChI is InChI=1S/C23H26O4/c1-4-11-18(5-2)16-26-22(24)20-14-9-10-15-21(20)23(25)27-17(3)19-12-7-6-8-13-19/h6-10,12-15,18H,3-5,11,16H2,1-2H3. The molecule has 0 spiro atoms. The number of hydrogen-bond acceptors (Lipinski definition) is 4. The zero-order chi connectivity index (χ0) is 19.6. The van der Waals surface area contributed by atoms with E-state index >= 15 is 0 Å². The second kappa shape index (κ2) is 10.3. The number of rotatable bonds is 9. The van der Waals surface area contributed by atoms with E-state index < -0.39 is 11.9 Å². The summed E-state index contributed by atoms with van der Waals surface area (Å²) in [6.07, 6.45) is 2.99. The van der Waals surface area contributed by atoms with Crippen LogP contribution in [0, 0.1) is 5.92 Å². The Morgan fingerprint density at radius 3 is 2.11 bits per heavy atom. The first kappa shape index (κ1) is 20.4. The first-order chi connectivity index (χ1) is 13.1. The third-order valence-electron chi connectivity index (χ3n) is 4.40. The van der Waals surface area contributed by atoms with E-state index in [2.05, 4.69) is 20.4 Å². The van der Waals surface area contributed by atoms with Gasteiger partial charge in [0.25, 0.3) is 0 Å². The quantitative estimate of drug-likeness (QED) is 0.434. The second-order valence-corrected chi connectivity index (χ2v) is 6.39. The van der Waals surface area contributed by atoms with Gasteiger partial charge in [-0.25, -0.2) is 9.59 Å². The Morgan fingerprint density at radius 1 is 0.926 bits per heavy atom. The van der Waals surface area contributed by atoms with Gasteiger partial charge in [0.2, 0.25) is 0 Å². The van der Waals surface area contributed by atoms with Crippen molar-refractivity contribution in [3.63, 3.8) is 0 Å². The number of carbonyl (C=O) groups is 2. The highest BCUT2D eigenvalue weighted by atomic mass is 16.5. The van der Waals surface area contributed by atoms with E-state index in [0.717, 1.165) is 19.3 Å². The minimum absolute atomic E-state index is 0.170. The van der Waals surface area contributed by atoms with Crippen molar-refractivity contribution in [1.82, 2.24) is 0 Å². The van der Waals surface area contributed by atoms with Crippen LogP contribution in [-0.4, -0.2) is 18.5 Å². The van der Waals surface area contributed by atoms with Gasteiger partial charge >= 0.3 is 11.9 Å². The maximum absolute atomic E-state index is 12.6. The van der Waals surface area contributed by atoms with Crippen molar-refractivity contribution in [3.05, 3.63) is 77.9 Å². The Hall–Kier alpha value is -2.88. The Labute approximate surface area is 160 Å². The molecule has 142 valence electrons. The second-order valence-electron chi connectivity index (χ2n) is 6.39. The van der Waals surface area contributed by atoms with Crippen LogP contribution in [-0.2, 0) is 9.47 Å². The van der Waals surface area contributed by atoms with Crippen molar-refractivity contribution in [1.29, 1.82) is 0 Å². The van der Waals surface area contributed by atoms with E-state index in [1.165, 1.54) is 0 Å². The van der Waals surface area contributed by atoms with Crippen LogP contribution in [0.25, 0.3) is 5.76 Å². The van der Waals surface area contributed by atoms with Crippen LogP contribution >= 0.6 is 0 Å². The summed E-state index contributed by atoms with van der Waals surface area (Å²) in [4.78, 5) is 25.1. The minimum Gasteiger partial charge on any atom is -0.462 e. The van der Waals surface area contributed by atoms with Crippen molar-refractivity contribution in [2.45, 2.75) is 33.1 Å². The summed E-state index contributed by atoms with van der Waals surface area (Å²) in [7, 11) is 0.